The molecule has 1 N–H and O–H groups in total. The van der Waals surface area contributed by atoms with Gasteiger partial charge in [-0.1, -0.05) is 11.6 Å². The third-order valence-electron chi connectivity index (χ3n) is 6.53. The third kappa shape index (κ3) is 4.48. The SMILES string of the molecule is CN1CCC(N2CCN(c3cc4c(Nc5ccc(F)c(Cl)c5)ncnc4cn3)CC2)CC1. The molecule has 4 heterocycles. The molecule has 3 aromatic rings. The molecular weight excluding hydrogens is 429 g/mol. The lowest BCUT2D eigenvalue weighted by Gasteiger charge is -2.42. The minimum absolute atomic E-state index is 0.0678. The molecule has 0 spiro atoms. The van der Waals surface area contributed by atoms with Crippen molar-refractivity contribution in [2.45, 2.75) is 18.9 Å². The molecule has 2 saturated heterocycles. The van der Waals surface area contributed by atoms with Crippen LogP contribution in [-0.2, 0) is 0 Å². The van der Waals surface area contributed by atoms with Gasteiger partial charge < -0.3 is 15.1 Å². The molecule has 5 rings (SSSR count). The summed E-state index contributed by atoms with van der Waals surface area (Å²) in [6.07, 6.45) is 5.80. The first-order chi connectivity index (χ1) is 15.6. The van der Waals surface area contributed by atoms with Gasteiger partial charge in [-0.2, -0.15) is 0 Å². The van der Waals surface area contributed by atoms with Crippen LogP contribution in [0, 0.1) is 5.82 Å². The van der Waals surface area contributed by atoms with Gasteiger partial charge in [-0.15, -0.1) is 0 Å². The molecule has 1 aromatic carbocycles. The summed E-state index contributed by atoms with van der Waals surface area (Å²) in [5.74, 6) is 1.12. The fourth-order valence-corrected chi connectivity index (χ4v) is 4.79. The number of halogens is 2. The standard InChI is InChI=1S/C23H27ClFN7/c1-30-6-4-17(5-7-30)31-8-10-32(11-9-31)22-13-18-21(14-26-22)27-15-28-23(18)29-16-2-3-20(25)19(24)12-16/h2-3,12-15,17H,4-11H2,1H3,(H,27,28,29). The van der Waals surface area contributed by atoms with E-state index in [1.807, 2.05) is 6.07 Å². The molecule has 0 radical (unpaired) electrons. The van der Waals surface area contributed by atoms with Gasteiger partial charge >= 0.3 is 0 Å². The van der Waals surface area contributed by atoms with Gasteiger partial charge in [0, 0.05) is 43.3 Å². The summed E-state index contributed by atoms with van der Waals surface area (Å²) in [5, 5.41) is 4.18. The van der Waals surface area contributed by atoms with Crippen LogP contribution >= 0.6 is 11.6 Å². The van der Waals surface area contributed by atoms with Crippen LogP contribution in [0.1, 0.15) is 12.8 Å². The number of nitrogens with zero attached hydrogens (tertiary/aromatic N) is 6. The van der Waals surface area contributed by atoms with E-state index in [4.69, 9.17) is 11.6 Å². The highest BCUT2D eigenvalue weighted by Gasteiger charge is 2.27. The Morgan fingerprint density at radius 1 is 1.00 bits per heavy atom. The summed E-state index contributed by atoms with van der Waals surface area (Å²) in [7, 11) is 2.21. The van der Waals surface area contributed by atoms with Crippen LogP contribution in [-0.4, -0.2) is 77.1 Å². The summed E-state index contributed by atoms with van der Waals surface area (Å²) < 4.78 is 13.5. The van der Waals surface area contributed by atoms with Gasteiger partial charge in [-0.25, -0.2) is 19.3 Å². The van der Waals surface area contributed by atoms with E-state index in [9.17, 15) is 4.39 Å². The van der Waals surface area contributed by atoms with Gasteiger partial charge in [0.15, 0.2) is 0 Å². The molecule has 0 amide bonds. The van der Waals surface area contributed by atoms with E-state index < -0.39 is 5.82 Å². The summed E-state index contributed by atoms with van der Waals surface area (Å²) in [6.45, 7) is 6.39. The highest BCUT2D eigenvalue weighted by atomic mass is 35.5. The molecule has 9 heteroatoms. The average Bonchev–Trinajstić information content (AvgIpc) is 2.82. The number of piperazine rings is 1. The molecule has 2 fully saturated rings. The van der Waals surface area contributed by atoms with Crippen LogP contribution < -0.4 is 10.2 Å². The molecule has 7 nitrogen and oxygen atoms in total. The van der Waals surface area contributed by atoms with Crippen LogP contribution in [0.2, 0.25) is 5.02 Å². The summed E-state index contributed by atoms with van der Waals surface area (Å²) >= 11 is 5.93. The lowest BCUT2D eigenvalue weighted by Crippen LogP contribution is -2.53. The van der Waals surface area contributed by atoms with Crippen molar-refractivity contribution in [1.82, 2.24) is 24.8 Å². The maximum Gasteiger partial charge on any atom is 0.141 e. The van der Waals surface area contributed by atoms with Crippen molar-refractivity contribution < 1.29 is 4.39 Å². The van der Waals surface area contributed by atoms with Gasteiger partial charge in [0.1, 0.15) is 23.8 Å². The van der Waals surface area contributed by atoms with Crippen molar-refractivity contribution in [3.63, 3.8) is 0 Å². The minimum Gasteiger partial charge on any atom is -0.354 e. The molecule has 2 aromatic heterocycles. The van der Waals surface area contributed by atoms with Crippen molar-refractivity contribution in [2.24, 2.45) is 0 Å². The molecule has 32 heavy (non-hydrogen) atoms. The molecule has 0 bridgehead atoms. The zero-order chi connectivity index (χ0) is 22.1. The van der Waals surface area contributed by atoms with Crippen molar-refractivity contribution >= 4 is 39.8 Å². The van der Waals surface area contributed by atoms with Gasteiger partial charge in [0.2, 0.25) is 0 Å². The highest BCUT2D eigenvalue weighted by Crippen LogP contribution is 2.28. The third-order valence-corrected chi connectivity index (χ3v) is 6.82. The quantitative estimate of drug-likeness (QED) is 0.642. The summed E-state index contributed by atoms with van der Waals surface area (Å²) in [6, 6.07) is 7.26. The predicted molar refractivity (Wildman–Crippen MR) is 126 cm³/mol. The number of anilines is 3. The highest BCUT2D eigenvalue weighted by molar-refractivity contribution is 6.31. The molecular formula is C23H27ClFN7. The van der Waals surface area contributed by atoms with E-state index in [2.05, 4.69) is 42.0 Å². The van der Waals surface area contributed by atoms with E-state index in [0.29, 0.717) is 17.5 Å². The molecule has 0 saturated carbocycles. The normalized spacial score (nSPS) is 18.9. The van der Waals surface area contributed by atoms with Crippen molar-refractivity contribution in [2.75, 3.05) is 56.5 Å². The minimum atomic E-state index is -0.448. The average molecular weight is 456 g/mol. The monoisotopic (exact) mass is 455 g/mol. The first kappa shape index (κ1) is 21.3. The number of benzene rings is 1. The number of pyridine rings is 1. The Hall–Kier alpha value is -2.55. The first-order valence-electron chi connectivity index (χ1n) is 11.1. The number of aromatic nitrogens is 3. The Bertz CT molecular complexity index is 1090. The van der Waals surface area contributed by atoms with E-state index in [-0.39, 0.29) is 5.02 Å². The van der Waals surface area contributed by atoms with Crippen molar-refractivity contribution in [1.29, 1.82) is 0 Å². The number of rotatable bonds is 4. The fraction of sp³-hybridized carbons (Fsp3) is 0.435. The van der Waals surface area contributed by atoms with Gasteiger partial charge in [0.05, 0.1) is 16.7 Å². The Labute approximate surface area is 192 Å². The number of hydrogen-bond donors (Lipinski definition) is 1. The maximum atomic E-state index is 13.5. The second kappa shape index (κ2) is 9.13. The molecule has 0 unspecified atom stereocenters. The number of piperidine rings is 1. The second-order valence-electron chi connectivity index (χ2n) is 8.59. The Balaban J connectivity index is 1.32. The molecule has 0 atom stereocenters. The Kier molecular flexibility index (Phi) is 6.08. The lowest BCUT2D eigenvalue weighted by atomic mass is 10.0. The zero-order valence-electron chi connectivity index (χ0n) is 18.1. The van der Waals surface area contributed by atoms with Crippen LogP contribution in [0.4, 0.5) is 21.7 Å². The maximum absolute atomic E-state index is 13.5. The number of hydrogen-bond acceptors (Lipinski definition) is 7. The zero-order valence-corrected chi connectivity index (χ0v) is 18.9. The van der Waals surface area contributed by atoms with Crippen molar-refractivity contribution in [3.8, 4) is 0 Å². The topological polar surface area (TPSA) is 60.4 Å². The van der Waals surface area contributed by atoms with Gasteiger partial charge in [-0.05, 0) is 57.2 Å². The fourth-order valence-electron chi connectivity index (χ4n) is 4.61. The smallest absolute Gasteiger partial charge is 0.141 e. The largest absolute Gasteiger partial charge is 0.354 e. The Morgan fingerprint density at radius 2 is 1.78 bits per heavy atom. The molecule has 2 aliphatic rings. The number of nitrogens with one attached hydrogen (secondary N) is 1. The van der Waals surface area contributed by atoms with Crippen LogP contribution in [0.15, 0.2) is 36.8 Å². The first-order valence-corrected chi connectivity index (χ1v) is 11.4. The molecule has 168 valence electrons. The number of likely N-dealkylation sites (tertiary alicyclic amines) is 1. The molecule has 0 aliphatic carbocycles. The molecule has 2 aliphatic heterocycles. The lowest BCUT2D eigenvalue weighted by molar-refractivity contribution is 0.115. The Morgan fingerprint density at radius 3 is 2.53 bits per heavy atom. The van der Waals surface area contributed by atoms with Crippen LogP contribution in [0.3, 0.4) is 0 Å². The number of fused-ring (bicyclic) bond motifs is 1. The predicted octanol–water partition coefficient (Wildman–Crippen LogP) is 3.78. The summed E-state index contributed by atoms with van der Waals surface area (Å²) in [4.78, 5) is 20.8. The van der Waals surface area contributed by atoms with Gasteiger partial charge in [0.25, 0.3) is 0 Å². The summed E-state index contributed by atoms with van der Waals surface area (Å²) in [5.41, 5.74) is 1.42. The van der Waals surface area contributed by atoms with E-state index in [0.717, 1.165) is 42.9 Å². The van der Waals surface area contributed by atoms with Crippen LogP contribution in [0.25, 0.3) is 10.9 Å². The van der Waals surface area contributed by atoms with Crippen LogP contribution in [0.5, 0.6) is 0 Å². The van der Waals surface area contributed by atoms with Crippen molar-refractivity contribution in [3.05, 3.63) is 47.6 Å². The van der Waals surface area contributed by atoms with E-state index in [1.54, 1.807) is 18.3 Å². The van der Waals surface area contributed by atoms with E-state index >= 15 is 0 Å². The van der Waals surface area contributed by atoms with Gasteiger partial charge in [-0.3, -0.25) is 4.90 Å². The second-order valence-corrected chi connectivity index (χ2v) is 9.00. The van der Waals surface area contributed by atoms with E-state index in [1.165, 1.54) is 38.3 Å².